The molecule has 49 heavy (non-hydrogen) atoms. The van der Waals surface area contributed by atoms with E-state index in [-0.39, 0.29) is 43.9 Å². The molecule has 3 aliphatic rings. The van der Waals surface area contributed by atoms with Crippen molar-refractivity contribution in [2.75, 3.05) is 60.6 Å². The molecule has 3 fully saturated rings. The van der Waals surface area contributed by atoms with Crippen LogP contribution < -0.4 is 19.4 Å². The number of hydrogen-bond donors (Lipinski definition) is 1. The number of ether oxygens (including phenoxy) is 3. The third-order valence-corrected chi connectivity index (χ3v) is 9.23. The molecule has 7 rings (SSSR count). The molecular weight excluding hydrogens is 636 g/mol. The van der Waals surface area contributed by atoms with Crippen molar-refractivity contribution >= 4 is 23.1 Å². The monoisotopic (exact) mass is 675 g/mol. The van der Waals surface area contributed by atoms with Crippen molar-refractivity contribution in [1.82, 2.24) is 19.7 Å². The number of urea groups is 1. The van der Waals surface area contributed by atoms with Gasteiger partial charge in [0.25, 0.3) is 0 Å². The number of aliphatic hydroxyl groups is 1. The molecule has 0 radical (unpaired) electrons. The fourth-order valence-corrected chi connectivity index (χ4v) is 6.73. The number of nitrogens with zero attached hydrogens (tertiary/aromatic N) is 7. The number of aromatic nitrogens is 3. The van der Waals surface area contributed by atoms with Crippen LogP contribution in [0, 0.1) is 11.6 Å². The van der Waals surface area contributed by atoms with Crippen molar-refractivity contribution in [3.05, 3.63) is 96.6 Å². The molecule has 1 unspecified atom stereocenters. The summed E-state index contributed by atoms with van der Waals surface area (Å²) in [6, 6.07) is 18.9. The molecule has 0 bridgehead atoms. The molecule has 3 saturated heterocycles. The van der Waals surface area contributed by atoms with E-state index in [1.165, 1.54) is 34.4 Å². The lowest BCUT2D eigenvalue weighted by Gasteiger charge is -2.37. The summed E-state index contributed by atoms with van der Waals surface area (Å²) in [6.07, 6.45) is 1.28. The minimum Gasteiger partial charge on any atom is -0.488 e. The average molecular weight is 676 g/mol. The van der Waals surface area contributed by atoms with Crippen molar-refractivity contribution in [3.63, 3.8) is 0 Å². The van der Waals surface area contributed by atoms with Crippen molar-refractivity contribution in [2.24, 2.45) is 0 Å². The molecule has 1 aromatic heterocycles. The smallest absolute Gasteiger partial charge is 0.326 e. The number of rotatable bonds is 10. The molecule has 0 saturated carbocycles. The van der Waals surface area contributed by atoms with E-state index in [1.807, 2.05) is 62.4 Å². The van der Waals surface area contributed by atoms with Gasteiger partial charge in [-0.1, -0.05) is 6.07 Å². The molecule has 3 aliphatic heterocycles. The number of amides is 2. The van der Waals surface area contributed by atoms with Gasteiger partial charge in [-0.3, -0.25) is 9.80 Å². The summed E-state index contributed by atoms with van der Waals surface area (Å²) >= 11 is 0. The first-order chi connectivity index (χ1) is 23.7. The normalized spacial score (nSPS) is 22.9. The number of carbonyl (C=O) groups is 1. The summed E-state index contributed by atoms with van der Waals surface area (Å²) in [4.78, 5) is 24.5. The number of benzene rings is 3. The van der Waals surface area contributed by atoms with Gasteiger partial charge < -0.3 is 29.1 Å². The topological polar surface area (TPSA) is 109 Å². The first kappa shape index (κ1) is 32.7. The van der Waals surface area contributed by atoms with Crippen LogP contribution in [0.2, 0.25) is 0 Å². The number of halogens is 2. The second-order valence-corrected chi connectivity index (χ2v) is 12.7. The van der Waals surface area contributed by atoms with E-state index in [2.05, 4.69) is 19.9 Å². The maximum absolute atomic E-state index is 14.9. The lowest BCUT2D eigenvalue weighted by atomic mass is 9.94. The van der Waals surface area contributed by atoms with Crippen LogP contribution in [0.15, 0.2) is 79.4 Å². The minimum atomic E-state index is -1.24. The zero-order valence-corrected chi connectivity index (χ0v) is 27.4. The first-order valence-corrected chi connectivity index (χ1v) is 16.4. The molecule has 12 nitrogen and oxygen atoms in total. The highest BCUT2D eigenvalue weighted by Crippen LogP contribution is 2.37. The van der Waals surface area contributed by atoms with Crippen LogP contribution in [0.25, 0.3) is 0 Å². The second-order valence-electron chi connectivity index (χ2n) is 12.7. The van der Waals surface area contributed by atoms with Gasteiger partial charge in [0.05, 0.1) is 19.7 Å². The fourth-order valence-electron chi connectivity index (χ4n) is 6.73. The summed E-state index contributed by atoms with van der Waals surface area (Å²) in [5.41, 5.74) is 1.88. The van der Waals surface area contributed by atoms with Gasteiger partial charge in [-0.2, -0.15) is 5.10 Å². The Bertz CT molecular complexity index is 1740. The standard InChI is InChI=1S/C35H39F2N7O5/c1-24(2)44-32(45)18-43(34(44)46)28-6-4-26(5-7-28)40-13-15-41(16-14-40)27-8-10-29(11-9-27)47-19-33-48-21-35(49-33,20-42-23-38-22-39-42)30-12-3-25(36)17-31(30)37/h3-12,17,22-24,32-33,45H,13-16,18-21H2,1-2H3/t32?,33-,35+/m0/s1. The van der Waals surface area contributed by atoms with E-state index >= 15 is 0 Å². The van der Waals surface area contributed by atoms with Gasteiger partial charge in [0.15, 0.2) is 6.29 Å². The van der Waals surface area contributed by atoms with E-state index in [0.717, 1.165) is 49.3 Å². The van der Waals surface area contributed by atoms with Gasteiger partial charge in [-0.05, 0) is 68.4 Å². The number of anilines is 3. The average Bonchev–Trinajstić information content (AvgIpc) is 3.84. The SMILES string of the molecule is CC(C)N1C(=O)N(c2ccc(N3CCN(c4ccc(OC[C@H]5OC[C@](Cn6cncn6)(c6ccc(F)cc6F)O5)cc4)CC3)cc2)CC1O. The van der Waals surface area contributed by atoms with Crippen molar-refractivity contribution in [1.29, 1.82) is 0 Å². The molecule has 3 aromatic carbocycles. The molecule has 14 heteroatoms. The molecular formula is C35H39F2N7O5. The van der Waals surface area contributed by atoms with Crippen molar-refractivity contribution in [2.45, 2.75) is 44.6 Å². The van der Waals surface area contributed by atoms with Gasteiger partial charge in [0, 0.05) is 60.9 Å². The van der Waals surface area contributed by atoms with Crippen LogP contribution >= 0.6 is 0 Å². The molecule has 0 aliphatic carbocycles. The van der Waals surface area contributed by atoms with Crippen molar-refractivity contribution < 1.29 is 32.9 Å². The quantitative estimate of drug-likeness (QED) is 0.265. The minimum absolute atomic E-state index is 0.0256. The van der Waals surface area contributed by atoms with Crippen LogP contribution in [0.3, 0.4) is 0 Å². The highest BCUT2D eigenvalue weighted by molar-refractivity contribution is 5.94. The Hall–Kier alpha value is -4.79. The Morgan fingerprint density at radius 3 is 2.20 bits per heavy atom. The number of β-amino-alcohol motifs (C(OH)–C–C–N with tert-alkyl or cyclic N) is 1. The summed E-state index contributed by atoms with van der Waals surface area (Å²) in [5.74, 6) is -0.767. The van der Waals surface area contributed by atoms with Gasteiger partial charge in [0.1, 0.15) is 48.5 Å². The van der Waals surface area contributed by atoms with E-state index in [4.69, 9.17) is 14.2 Å². The van der Waals surface area contributed by atoms with E-state index in [1.54, 1.807) is 4.90 Å². The Morgan fingerprint density at radius 1 is 0.959 bits per heavy atom. The van der Waals surface area contributed by atoms with Crippen LogP contribution in [0.4, 0.5) is 30.6 Å². The van der Waals surface area contributed by atoms with Crippen LogP contribution in [-0.2, 0) is 21.6 Å². The largest absolute Gasteiger partial charge is 0.488 e. The predicted molar refractivity (Wildman–Crippen MR) is 177 cm³/mol. The van der Waals surface area contributed by atoms with Gasteiger partial charge in [-0.25, -0.2) is 23.2 Å². The molecule has 4 aromatic rings. The summed E-state index contributed by atoms with van der Waals surface area (Å²) in [5, 5.41) is 14.5. The van der Waals surface area contributed by atoms with Crippen LogP contribution in [0.1, 0.15) is 19.4 Å². The Morgan fingerprint density at radius 2 is 1.61 bits per heavy atom. The van der Waals surface area contributed by atoms with E-state index < -0.39 is 29.8 Å². The molecule has 4 heterocycles. The zero-order valence-electron chi connectivity index (χ0n) is 27.4. The van der Waals surface area contributed by atoms with Gasteiger partial charge >= 0.3 is 6.03 Å². The molecule has 0 spiro atoms. The number of hydrogen-bond acceptors (Lipinski definition) is 9. The highest BCUT2D eigenvalue weighted by atomic mass is 19.1. The van der Waals surface area contributed by atoms with Crippen LogP contribution in [0.5, 0.6) is 5.75 Å². The van der Waals surface area contributed by atoms with Gasteiger partial charge in [0.2, 0.25) is 0 Å². The lowest BCUT2D eigenvalue weighted by molar-refractivity contribution is -0.117. The Kier molecular flexibility index (Phi) is 9.09. The molecule has 258 valence electrons. The third kappa shape index (κ3) is 6.76. The molecule has 3 atom stereocenters. The van der Waals surface area contributed by atoms with Crippen LogP contribution in [-0.4, -0.2) is 95.3 Å². The maximum atomic E-state index is 14.9. The predicted octanol–water partition coefficient (Wildman–Crippen LogP) is 4.20. The third-order valence-electron chi connectivity index (χ3n) is 9.23. The van der Waals surface area contributed by atoms with E-state index in [9.17, 15) is 18.7 Å². The zero-order chi connectivity index (χ0) is 34.1. The Labute approximate surface area is 283 Å². The number of aliphatic hydroxyl groups excluding tert-OH is 1. The fraction of sp³-hybridized carbons (Fsp3) is 0.400. The summed E-state index contributed by atoms with van der Waals surface area (Å²) in [6.45, 7) is 7.61. The van der Waals surface area contributed by atoms with Crippen molar-refractivity contribution in [3.8, 4) is 5.75 Å². The van der Waals surface area contributed by atoms with E-state index in [0.29, 0.717) is 5.75 Å². The molecule has 1 N–H and O–H groups in total. The number of carbonyl (C=O) groups excluding carboxylic acids is 1. The molecule has 2 amide bonds. The summed E-state index contributed by atoms with van der Waals surface area (Å²) in [7, 11) is 0. The first-order valence-electron chi connectivity index (χ1n) is 16.4. The second kappa shape index (κ2) is 13.6. The maximum Gasteiger partial charge on any atom is 0.326 e. The summed E-state index contributed by atoms with van der Waals surface area (Å²) < 4.78 is 48.2. The lowest BCUT2D eigenvalue weighted by Crippen LogP contribution is -2.46. The Balaban J connectivity index is 0.916. The highest BCUT2D eigenvalue weighted by Gasteiger charge is 2.46. The van der Waals surface area contributed by atoms with Gasteiger partial charge in [-0.15, -0.1) is 0 Å². The number of piperazine rings is 1.